The molecule has 8 nitrogen and oxygen atoms in total. The van der Waals surface area contributed by atoms with Crippen molar-refractivity contribution in [2.24, 2.45) is 0 Å². The van der Waals surface area contributed by atoms with Crippen LogP contribution in [0.3, 0.4) is 0 Å². The van der Waals surface area contributed by atoms with Gasteiger partial charge >= 0.3 is 5.97 Å². The second-order valence-electron chi connectivity index (χ2n) is 7.64. The van der Waals surface area contributed by atoms with Crippen molar-refractivity contribution in [1.82, 2.24) is 4.72 Å². The Morgan fingerprint density at radius 2 is 1.88 bits per heavy atom. The van der Waals surface area contributed by atoms with Gasteiger partial charge in [-0.25, -0.2) is 17.9 Å². The highest BCUT2D eigenvalue weighted by Gasteiger charge is 2.23. The molecule has 2 N–H and O–H groups in total. The van der Waals surface area contributed by atoms with Crippen molar-refractivity contribution in [2.75, 3.05) is 11.9 Å². The molecular weight excluding hydrogens is 474 g/mol. The van der Waals surface area contributed by atoms with Crippen LogP contribution in [0.5, 0.6) is 0 Å². The Labute approximate surface area is 201 Å². The highest BCUT2D eigenvalue weighted by Crippen LogP contribution is 2.38. The van der Waals surface area contributed by atoms with Gasteiger partial charge in [-0.3, -0.25) is 4.79 Å². The number of nitrogens with zero attached hydrogens (tertiary/aromatic N) is 1. The van der Waals surface area contributed by atoms with Crippen LogP contribution in [-0.4, -0.2) is 26.9 Å². The fourth-order valence-electron chi connectivity index (χ4n) is 3.64. The third-order valence-corrected chi connectivity index (χ3v) is 7.92. The molecular formula is C24H21N3O5S2. The fraction of sp³-hybridized carbons (Fsp3) is 0.208. The number of anilines is 1. The second-order valence-corrected chi connectivity index (χ2v) is 10.5. The molecule has 0 aliphatic heterocycles. The molecule has 2 aromatic carbocycles. The molecule has 0 radical (unpaired) electrons. The standard InChI is InChI=1S/C24H21N3O5S2/c25-13-20-19-10-5-11-21(19)33-23(20)27-22(28)15-32-24(29)17-8-4-9-18(12-17)34(30,31)26-14-16-6-2-1-3-7-16/h1-4,6-9,12,26H,5,10-11,14-15H2,(H,27,28). The van der Waals surface area contributed by atoms with Gasteiger partial charge in [0.1, 0.15) is 11.1 Å². The monoisotopic (exact) mass is 495 g/mol. The largest absolute Gasteiger partial charge is 0.452 e. The van der Waals surface area contributed by atoms with Crippen LogP contribution in [0.2, 0.25) is 0 Å². The minimum absolute atomic E-state index is 0.00296. The second kappa shape index (κ2) is 10.2. The van der Waals surface area contributed by atoms with Crippen LogP contribution in [0.25, 0.3) is 0 Å². The number of fused-ring (bicyclic) bond motifs is 1. The van der Waals surface area contributed by atoms with Gasteiger partial charge in [-0.05, 0) is 48.6 Å². The van der Waals surface area contributed by atoms with E-state index < -0.39 is 28.5 Å². The average molecular weight is 496 g/mol. The van der Waals surface area contributed by atoms with Crippen molar-refractivity contribution in [3.8, 4) is 6.07 Å². The number of nitriles is 1. The lowest BCUT2D eigenvalue weighted by Gasteiger charge is -2.09. The van der Waals surface area contributed by atoms with Crippen LogP contribution in [0.1, 0.15) is 38.3 Å². The Balaban J connectivity index is 1.36. The molecule has 0 atom stereocenters. The number of amides is 1. The van der Waals surface area contributed by atoms with Gasteiger partial charge in [-0.1, -0.05) is 36.4 Å². The summed E-state index contributed by atoms with van der Waals surface area (Å²) in [6.45, 7) is -0.454. The average Bonchev–Trinajstić information content (AvgIpc) is 3.43. The first kappa shape index (κ1) is 23.6. The van der Waals surface area contributed by atoms with E-state index in [1.54, 1.807) is 12.1 Å². The van der Waals surface area contributed by atoms with Gasteiger partial charge < -0.3 is 10.1 Å². The maximum atomic E-state index is 12.6. The molecule has 3 aromatic rings. The molecule has 1 aliphatic rings. The number of carbonyl (C=O) groups excluding carboxylic acids is 2. The zero-order valence-corrected chi connectivity index (χ0v) is 19.7. The minimum Gasteiger partial charge on any atom is -0.452 e. The zero-order valence-electron chi connectivity index (χ0n) is 18.0. The molecule has 0 saturated carbocycles. The summed E-state index contributed by atoms with van der Waals surface area (Å²) in [5, 5.41) is 12.5. The normalized spacial score (nSPS) is 12.6. The van der Waals surface area contributed by atoms with Gasteiger partial charge in [-0.15, -0.1) is 11.3 Å². The maximum absolute atomic E-state index is 12.6. The van der Waals surface area contributed by atoms with E-state index in [4.69, 9.17) is 4.74 Å². The first-order chi connectivity index (χ1) is 16.4. The van der Waals surface area contributed by atoms with Gasteiger partial charge in [0.05, 0.1) is 16.0 Å². The van der Waals surface area contributed by atoms with Crippen molar-refractivity contribution < 1.29 is 22.7 Å². The van der Waals surface area contributed by atoms with Crippen molar-refractivity contribution in [3.63, 3.8) is 0 Å². The van der Waals surface area contributed by atoms with Crippen LogP contribution >= 0.6 is 11.3 Å². The van der Waals surface area contributed by atoms with Gasteiger partial charge in [0, 0.05) is 11.4 Å². The number of hydrogen-bond donors (Lipinski definition) is 2. The Bertz CT molecular complexity index is 1380. The zero-order chi connectivity index (χ0) is 24.1. The molecule has 0 bridgehead atoms. The van der Waals surface area contributed by atoms with E-state index >= 15 is 0 Å². The number of aryl methyl sites for hydroxylation is 1. The molecule has 1 aromatic heterocycles. The summed E-state index contributed by atoms with van der Waals surface area (Å²) < 4.78 is 32.8. The van der Waals surface area contributed by atoms with E-state index in [1.807, 2.05) is 18.2 Å². The maximum Gasteiger partial charge on any atom is 0.338 e. The summed E-state index contributed by atoms with van der Waals surface area (Å²) >= 11 is 1.37. The number of hydrogen-bond acceptors (Lipinski definition) is 7. The molecule has 1 amide bonds. The molecule has 34 heavy (non-hydrogen) atoms. The van der Waals surface area contributed by atoms with Crippen molar-refractivity contribution in [2.45, 2.75) is 30.7 Å². The smallest absolute Gasteiger partial charge is 0.338 e. The summed E-state index contributed by atoms with van der Waals surface area (Å²) in [6.07, 6.45) is 2.70. The fourth-order valence-corrected chi connectivity index (χ4v) is 5.95. The Hall–Kier alpha value is -3.52. The summed E-state index contributed by atoms with van der Waals surface area (Å²) in [6, 6.07) is 16.6. The summed E-state index contributed by atoms with van der Waals surface area (Å²) in [5.74, 6) is -1.40. The number of rotatable bonds is 8. The van der Waals surface area contributed by atoms with E-state index in [2.05, 4.69) is 16.1 Å². The number of carbonyl (C=O) groups is 2. The number of ether oxygens (including phenoxy) is 1. The van der Waals surface area contributed by atoms with Crippen LogP contribution in [0.15, 0.2) is 59.5 Å². The molecule has 4 rings (SSSR count). The molecule has 174 valence electrons. The lowest BCUT2D eigenvalue weighted by molar-refractivity contribution is -0.119. The number of sulfonamides is 1. The topological polar surface area (TPSA) is 125 Å². The Morgan fingerprint density at radius 3 is 2.65 bits per heavy atom. The van der Waals surface area contributed by atoms with Gasteiger partial charge in [0.15, 0.2) is 6.61 Å². The SMILES string of the molecule is N#Cc1c(NC(=O)COC(=O)c2cccc(S(=O)(=O)NCc3ccccc3)c2)sc2c1CCC2. The number of benzene rings is 2. The minimum atomic E-state index is -3.86. The Kier molecular flexibility index (Phi) is 7.07. The van der Waals surface area contributed by atoms with Crippen LogP contribution in [0, 0.1) is 11.3 Å². The van der Waals surface area contributed by atoms with Gasteiger partial charge in [0.25, 0.3) is 5.91 Å². The first-order valence-electron chi connectivity index (χ1n) is 10.5. The summed E-state index contributed by atoms with van der Waals surface area (Å²) in [4.78, 5) is 25.7. The van der Waals surface area contributed by atoms with Crippen molar-refractivity contribution in [1.29, 1.82) is 5.26 Å². The molecule has 0 spiro atoms. The predicted molar refractivity (Wildman–Crippen MR) is 127 cm³/mol. The molecule has 0 unspecified atom stereocenters. The van der Waals surface area contributed by atoms with Crippen LogP contribution in [-0.2, 0) is 38.9 Å². The van der Waals surface area contributed by atoms with Crippen LogP contribution < -0.4 is 10.0 Å². The lowest BCUT2D eigenvalue weighted by Crippen LogP contribution is -2.24. The third kappa shape index (κ3) is 5.34. The van der Waals surface area contributed by atoms with Crippen LogP contribution in [0.4, 0.5) is 5.00 Å². The lowest BCUT2D eigenvalue weighted by atomic mass is 10.1. The third-order valence-electron chi connectivity index (χ3n) is 5.31. The molecule has 0 saturated heterocycles. The molecule has 1 aliphatic carbocycles. The van der Waals surface area contributed by atoms with E-state index in [1.165, 1.54) is 35.6 Å². The highest BCUT2D eigenvalue weighted by molar-refractivity contribution is 7.89. The van der Waals surface area contributed by atoms with E-state index in [9.17, 15) is 23.3 Å². The Morgan fingerprint density at radius 1 is 1.09 bits per heavy atom. The highest BCUT2D eigenvalue weighted by atomic mass is 32.2. The van der Waals surface area contributed by atoms with E-state index in [0.29, 0.717) is 10.6 Å². The van der Waals surface area contributed by atoms with E-state index in [-0.39, 0.29) is 17.0 Å². The quantitative estimate of drug-likeness (QED) is 0.462. The predicted octanol–water partition coefficient (Wildman–Crippen LogP) is 3.38. The molecule has 1 heterocycles. The molecule has 0 fully saturated rings. The van der Waals surface area contributed by atoms with Gasteiger partial charge in [0.2, 0.25) is 10.0 Å². The van der Waals surface area contributed by atoms with Crippen molar-refractivity contribution >= 4 is 38.2 Å². The number of esters is 1. The number of nitrogens with one attached hydrogen (secondary N) is 2. The summed E-state index contributed by atoms with van der Waals surface area (Å²) in [7, 11) is -3.86. The number of thiophene rings is 1. The first-order valence-corrected chi connectivity index (χ1v) is 12.8. The van der Waals surface area contributed by atoms with E-state index in [0.717, 1.165) is 35.3 Å². The van der Waals surface area contributed by atoms with Crippen molar-refractivity contribution in [3.05, 3.63) is 81.7 Å². The molecule has 10 heteroatoms. The summed E-state index contributed by atoms with van der Waals surface area (Å²) in [5.41, 5.74) is 2.25. The van der Waals surface area contributed by atoms with Gasteiger partial charge in [-0.2, -0.15) is 5.26 Å².